The van der Waals surface area contributed by atoms with Crippen molar-refractivity contribution >= 4 is 0 Å². The van der Waals surface area contributed by atoms with Gasteiger partial charge in [-0.1, -0.05) is 12.1 Å². The van der Waals surface area contributed by atoms with E-state index in [-0.39, 0.29) is 11.9 Å². The summed E-state index contributed by atoms with van der Waals surface area (Å²) in [5.41, 5.74) is 3.04. The molecule has 1 aromatic heterocycles. The molecule has 0 saturated heterocycles. The molecule has 1 heterocycles. The van der Waals surface area contributed by atoms with Gasteiger partial charge in [0.15, 0.2) is 0 Å². The number of H-pyrrole nitrogens is 1. The first-order valence-electron chi connectivity index (χ1n) is 6.01. The molecular weight excluding hydrogens is 231 g/mol. The Hall–Kier alpha value is -1.84. The van der Waals surface area contributed by atoms with Crippen molar-refractivity contribution < 1.29 is 9.13 Å². The molecule has 0 aliphatic heterocycles. The lowest BCUT2D eigenvalue weighted by molar-refractivity contribution is 0.230. The highest BCUT2D eigenvalue weighted by Gasteiger charge is 2.13. The second kappa shape index (κ2) is 5.21. The van der Waals surface area contributed by atoms with E-state index in [0.717, 1.165) is 16.8 Å². The van der Waals surface area contributed by atoms with E-state index in [2.05, 4.69) is 10.2 Å². The highest BCUT2D eigenvalue weighted by atomic mass is 19.1. The fourth-order valence-corrected chi connectivity index (χ4v) is 1.77. The van der Waals surface area contributed by atoms with E-state index in [9.17, 15) is 4.39 Å². The molecule has 1 N–H and O–H groups in total. The predicted octanol–water partition coefficient (Wildman–Crippen LogP) is 3.24. The van der Waals surface area contributed by atoms with Crippen molar-refractivity contribution in [2.75, 3.05) is 0 Å². The smallest absolute Gasteiger partial charge is 0.236 e. The zero-order valence-corrected chi connectivity index (χ0v) is 10.8. The number of hydrogen-bond acceptors (Lipinski definition) is 2. The maximum atomic E-state index is 12.9. The van der Waals surface area contributed by atoms with Gasteiger partial charge in [-0.05, 0) is 38.5 Å². The first-order chi connectivity index (χ1) is 8.56. The van der Waals surface area contributed by atoms with Gasteiger partial charge in [-0.2, -0.15) is 0 Å². The molecule has 0 saturated carbocycles. The summed E-state index contributed by atoms with van der Waals surface area (Å²) in [6.07, 6.45) is 0.768. The van der Waals surface area contributed by atoms with Crippen molar-refractivity contribution in [3.63, 3.8) is 0 Å². The number of nitrogens with zero attached hydrogens (tertiary/aromatic N) is 1. The molecule has 0 amide bonds. The van der Waals surface area contributed by atoms with Crippen LogP contribution in [0.1, 0.15) is 30.7 Å². The summed E-state index contributed by atoms with van der Waals surface area (Å²) in [6, 6.07) is 6.49. The number of aryl methyl sites for hydroxylation is 1. The topological polar surface area (TPSA) is 37.9 Å². The Morgan fingerprint density at radius 2 is 1.94 bits per heavy atom. The summed E-state index contributed by atoms with van der Waals surface area (Å²) >= 11 is 0. The molecule has 0 radical (unpaired) electrons. The average Bonchev–Trinajstić information content (AvgIpc) is 2.64. The second-order valence-electron chi connectivity index (χ2n) is 4.60. The van der Waals surface area contributed by atoms with E-state index in [0.29, 0.717) is 12.3 Å². The summed E-state index contributed by atoms with van der Waals surface area (Å²) in [5, 5.41) is 7.07. The fraction of sp³-hybridized carbons (Fsp3) is 0.357. The van der Waals surface area contributed by atoms with E-state index >= 15 is 0 Å². The van der Waals surface area contributed by atoms with Gasteiger partial charge in [0.1, 0.15) is 5.82 Å². The molecule has 4 heteroatoms. The highest BCUT2D eigenvalue weighted by molar-refractivity contribution is 5.35. The molecule has 0 aliphatic carbocycles. The zero-order valence-electron chi connectivity index (χ0n) is 10.8. The van der Waals surface area contributed by atoms with E-state index in [1.165, 1.54) is 12.1 Å². The molecule has 0 spiro atoms. The number of ether oxygens (including phenoxy) is 1. The van der Waals surface area contributed by atoms with Crippen LogP contribution in [-0.4, -0.2) is 16.3 Å². The van der Waals surface area contributed by atoms with Gasteiger partial charge in [-0.25, -0.2) is 4.39 Å². The number of halogens is 1. The van der Waals surface area contributed by atoms with Gasteiger partial charge in [0.05, 0.1) is 6.10 Å². The third kappa shape index (κ3) is 2.88. The van der Waals surface area contributed by atoms with Crippen LogP contribution in [0.3, 0.4) is 0 Å². The quantitative estimate of drug-likeness (QED) is 0.902. The molecule has 3 nitrogen and oxygen atoms in total. The van der Waals surface area contributed by atoms with Crippen molar-refractivity contribution in [3.8, 4) is 5.88 Å². The minimum absolute atomic E-state index is 0.0830. The maximum Gasteiger partial charge on any atom is 0.236 e. The van der Waals surface area contributed by atoms with Crippen LogP contribution in [0.2, 0.25) is 0 Å². The third-order valence-corrected chi connectivity index (χ3v) is 2.68. The standard InChI is InChI=1S/C14H17FN2O/c1-9(2)18-14-13(10(3)16-17-14)8-11-4-6-12(15)7-5-11/h4-7,9H,8H2,1-3H3,(H,16,17). The minimum Gasteiger partial charge on any atom is -0.474 e. The zero-order chi connectivity index (χ0) is 13.1. The van der Waals surface area contributed by atoms with Crippen molar-refractivity contribution in [3.05, 3.63) is 46.9 Å². The Kier molecular flexibility index (Phi) is 3.65. The summed E-state index contributed by atoms with van der Waals surface area (Å²) in [7, 11) is 0. The average molecular weight is 248 g/mol. The molecule has 2 rings (SSSR count). The van der Waals surface area contributed by atoms with Crippen LogP contribution in [0.4, 0.5) is 4.39 Å². The van der Waals surface area contributed by atoms with Crippen LogP contribution in [0.25, 0.3) is 0 Å². The lowest BCUT2D eigenvalue weighted by atomic mass is 10.1. The van der Waals surface area contributed by atoms with Gasteiger partial charge < -0.3 is 4.74 Å². The van der Waals surface area contributed by atoms with Gasteiger partial charge in [-0.3, -0.25) is 5.10 Å². The number of aromatic nitrogens is 2. The van der Waals surface area contributed by atoms with Gasteiger partial charge in [-0.15, -0.1) is 5.10 Å². The number of aromatic amines is 1. The Balaban J connectivity index is 2.22. The lowest BCUT2D eigenvalue weighted by Gasteiger charge is -2.09. The first-order valence-corrected chi connectivity index (χ1v) is 6.01. The van der Waals surface area contributed by atoms with E-state index in [4.69, 9.17) is 4.74 Å². The molecule has 2 aromatic rings. The Labute approximate surface area is 106 Å². The molecule has 0 atom stereocenters. The first kappa shape index (κ1) is 12.6. The van der Waals surface area contributed by atoms with Gasteiger partial charge in [0, 0.05) is 17.7 Å². The van der Waals surface area contributed by atoms with E-state index in [1.807, 2.05) is 20.8 Å². The third-order valence-electron chi connectivity index (χ3n) is 2.68. The Morgan fingerprint density at radius 3 is 2.56 bits per heavy atom. The number of nitrogens with one attached hydrogen (secondary N) is 1. The second-order valence-corrected chi connectivity index (χ2v) is 4.60. The van der Waals surface area contributed by atoms with Crippen LogP contribution in [0.15, 0.2) is 24.3 Å². The van der Waals surface area contributed by atoms with Crippen LogP contribution >= 0.6 is 0 Å². The molecule has 0 aliphatic rings. The Morgan fingerprint density at radius 1 is 1.28 bits per heavy atom. The van der Waals surface area contributed by atoms with Gasteiger partial charge >= 0.3 is 0 Å². The van der Waals surface area contributed by atoms with Crippen LogP contribution in [0, 0.1) is 12.7 Å². The molecule has 96 valence electrons. The molecule has 0 bridgehead atoms. The number of benzene rings is 1. The van der Waals surface area contributed by atoms with Crippen LogP contribution < -0.4 is 4.74 Å². The van der Waals surface area contributed by atoms with Gasteiger partial charge in [0.25, 0.3) is 0 Å². The minimum atomic E-state index is -0.221. The summed E-state index contributed by atoms with van der Waals surface area (Å²) in [4.78, 5) is 0. The lowest BCUT2D eigenvalue weighted by Crippen LogP contribution is -2.07. The molecule has 1 aromatic carbocycles. The van der Waals surface area contributed by atoms with Gasteiger partial charge in [0.2, 0.25) is 5.88 Å². The number of rotatable bonds is 4. The largest absolute Gasteiger partial charge is 0.474 e. The van der Waals surface area contributed by atoms with Crippen LogP contribution in [-0.2, 0) is 6.42 Å². The van der Waals surface area contributed by atoms with Crippen molar-refractivity contribution in [1.29, 1.82) is 0 Å². The summed E-state index contributed by atoms with van der Waals surface area (Å²) in [6.45, 7) is 5.89. The van der Waals surface area contributed by atoms with E-state index < -0.39 is 0 Å². The van der Waals surface area contributed by atoms with Crippen molar-refractivity contribution in [2.45, 2.75) is 33.3 Å². The number of hydrogen-bond donors (Lipinski definition) is 1. The van der Waals surface area contributed by atoms with Crippen molar-refractivity contribution in [2.24, 2.45) is 0 Å². The summed E-state index contributed by atoms with van der Waals surface area (Å²) in [5.74, 6) is 0.410. The normalized spacial score (nSPS) is 10.9. The molecule has 18 heavy (non-hydrogen) atoms. The molecular formula is C14H17FN2O. The van der Waals surface area contributed by atoms with E-state index in [1.54, 1.807) is 12.1 Å². The fourth-order valence-electron chi connectivity index (χ4n) is 1.77. The molecule has 0 unspecified atom stereocenters. The SMILES string of the molecule is Cc1[nH]nc(OC(C)C)c1Cc1ccc(F)cc1. The van der Waals surface area contributed by atoms with Crippen LogP contribution in [0.5, 0.6) is 5.88 Å². The van der Waals surface area contributed by atoms with Crippen molar-refractivity contribution in [1.82, 2.24) is 10.2 Å². The monoisotopic (exact) mass is 248 g/mol. The molecule has 0 fully saturated rings. The maximum absolute atomic E-state index is 12.9. The highest BCUT2D eigenvalue weighted by Crippen LogP contribution is 2.23. The summed E-state index contributed by atoms with van der Waals surface area (Å²) < 4.78 is 18.5. The predicted molar refractivity (Wildman–Crippen MR) is 68.3 cm³/mol. The Bertz CT molecular complexity index is 517.